The van der Waals surface area contributed by atoms with Crippen LogP contribution < -0.4 is 5.32 Å². The van der Waals surface area contributed by atoms with Crippen molar-refractivity contribution in [3.8, 4) is 0 Å². The van der Waals surface area contributed by atoms with E-state index in [0.29, 0.717) is 11.3 Å². The zero-order valence-corrected chi connectivity index (χ0v) is 16.9. The molecule has 2 aliphatic rings. The number of halogens is 1. The molecule has 0 bridgehead atoms. The van der Waals surface area contributed by atoms with Gasteiger partial charge in [0.15, 0.2) is 5.96 Å². The number of likely N-dealkylation sites (tertiary alicyclic amines) is 1. The monoisotopic (exact) mass is 423 g/mol. The summed E-state index contributed by atoms with van der Waals surface area (Å²) in [5, 5.41) is 3.45. The van der Waals surface area contributed by atoms with E-state index >= 15 is 0 Å². The van der Waals surface area contributed by atoms with Crippen molar-refractivity contribution in [1.82, 2.24) is 10.2 Å². The van der Waals surface area contributed by atoms with Crippen molar-refractivity contribution in [3.63, 3.8) is 0 Å². The second-order valence-electron chi connectivity index (χ2n) is 7.08. The van der Waals surface area contributed by atoms with Crippen LogP contribution in [0.15, 0.2) is 4.99 Å². The Morgan fingerprint density at radius 1 is 1.32 bits per heavy atom. The smallest absolute Gasteiger partial charge is 0.193 e. The quantitative estimate of drug-likeness (QED) is 0.295. The maximum atomic E-state index is 5.62. The standard InChI is InChI=1S/C17H33N3O.HI/c1-4-18-16(19-10-6-12-21-13-15(2)3)20-11-9-17(14-20)7-5-8-17;/h15H,4-14H2,1-3H3,(H,18,19);1H. The first-order chi connectivity index (χ1) is 10.2. The zero-order valence-electron chi connectivity index (χ0n) is 14.6. The Morgan fingerprint density at radius 3 is 2.64 bits per heavy atom. The number of aliphatic imine (C=N–C) groups is 1. The van der Waals surface area contributed by atoms with Crippen LogP contribution >= 0.6 is 24.0 Å². The SMILES string of the molecule is CCNC(=NCCCOCC(C)C)N1CCC2(CCC2)C1.I. The predicted octanol–water partition coefficient (Wildman–Crippen LogP) is 3.51. The third-order valence-electron chi connectivity index (χ3n) is 4.65. The first-order valence-electron chi connectivity index (χ1n) is 8.76. The molecule has 22 heavy (non-hydrogen) atoms. The summed E-state index contributed by atoms with van der Waals surface area (Å²) in [5.41, 5.74) is 0.635. The Balaban J connectivity index is 0.00000242. The molecular formula is C17H34IN3O. The van der Waals surface area contributed by atoms with Gasteiger partial charge in [0, 0.05) is 39.4 Å². The molecule has 1 spiro atoms. The van der Waals surface area contributed by atoms with Gasteiger partial charge >= 0.3 is 0 Å². The van der Waals surface area contributed by atoms with E-state index in [1.54, 1.807) is 0 Å². The maximum Gasteiger partial charge on any atom is 0.193 e. The van der Waals surface area contributed by atoms with E-state index < -0.39 is 0 Å². The molecule has 0 amide bonds. The average molecular weight is 423 g/mol. The Hall–Kier alpha value is -0.0400. The highest BCUT2D eigenvalue weighted by atomic mass is 127. The van der Waals surface area contributed by atoms with Crippen LogP contribution in [0.5, 0.6) is 0 Å². The number of hydrogen-bond acceptors (Lipinski definition) is 2. The summed E-state index contributed by atoms with van der Waals surface area (Å²) in [6.07, 6.45) is 6.64. The molecule has 0 aromatic carbocycles. The van der Waals surface area contributed by atoms with Gasteiger partial charge in [-0.3, -0.25) is 4.99 Å². The largest absolute Gasteiger partial charge is 0.381 e. The lowest BCUT2D eigenvalue weighted by Gasteiger charge is -2.38. The van der Waals surface area contributed by atoms with Gasteiger partial charge in [-0.05, 0) is 43.9 Å². The lowest BCUT2D eigenvalue weighted by atomic mass is 9.68. The highest BCUT2D eigenvalue weighted by Gasteiger charge is 2.43. The Morgan fingerprint density at radius 2 is 2.09 bits per heavy atom. The second-order valence-corrected chi connectivity index (χ2v) is 7.08. The molecule has 1 saturated heterocycles. The van der Waals surface area contributed by atoms with E-state index in [1.165, 1.54) is 38.8 Å². The van der Waals surface area contributed by atoms with Crippen LogP contribution in [-0.4, -0.2) is 50.3 Å². The van der Waals surface area contributed by atoms with Crippen LogP contribution in [0.25, 0.3) is 0 Å². The fraction of sp³-hybridized carbons (Fsp3) is 0.941. The molecule has 0 aromatic rings. The average Bonchev–Trinajstić information content (AvgIpc) is 2.86. The molecule has 1 aliphatic carbocycles. The van der Waals surface area contributed by atoms with Gasteiger partial charge in [0.1, 0.15) is 0 Å². The lowest BCUT2D eigenvalue weighted by molar-refractivity contribution is 0.109. The van der Waals surface area contributed by atoms with Gasteiger partial charge in [-0.2, -0.15) is 0 Å². The fourth-order valence-corrected chi connectivity index (χ4v) is 3.30. The van der Waals surface area contributed by atoms with Crippen LogP contribution in [-0.2, 0) is 4.74 Å². The molecule has 130 valence electrons. The number of rotatable bonds is 7. The van der Waals surface area contributed by atoms with Gasteiger partial charge < -0.3 is 15.0 Å². The Kier molecular flexibility index (Phi) is 9.05. The molecule has 5 heteroatoms. The van der Waals surface area contributed by atoms with Crippen LogP contribution in [0, 0.1) is 11.3 Å². The molecule has 2 fully saturated rings. The first kappa shape index (κ1) is 20.0. The molecule has 0 atom stereocenters. The number of nitrogens with one attached hydrogen (secondary N) is 1. The summed E-state index contributed by atoms with van der Waals surface area (Å²) in [7, 11) is 0. The topological polar surface area (TPSA) is 36.9 Å². The molecular weight excluding hydrogens is 389 g/mol. The number of ether oxygens (including phenoxy) is 1. The van der Waals surface area contributed by atoms with E-state index in [2.05, 4.69) is 31.0 Å². The number of hydrogen-bond donors (Lipinski definition) is 1. The van der Waals surface area contributed by atoms with Crippen LogP contribution in [0.3, 0.4) is 0 Å². The van der Waals surface area contributed by atoms with E-state index in [-0.39, 0.29) is 24.0 Å². The highest BCUT2D eigenvalue weighted by Crippen LogP contribution is 2.47. The van der Waals surface area contributed by atoms with Crippen molar-refractivity contribution >= 4 is 29.9 Å². The molecule has 4 nitrogen and oxygen atoms in total. The van der Waals surface area contributed by atoms with Crippen molar-refractivity contribution in [2.24, 2.45) is 16.3 Å². The van der Waals surface area contributed by atoms with Gasteiger partial charge in [0.05, 0.1) is 0 Å². The van der Waals surface area contributed by atoms with E-state index in [9.17, 15) is 0 Å². The van der Waals surface area contributed by atoms with Gasteiger partial charge in [-0.15, -0.1) is 24.0 Å². The summed E-state index contributed by atoms with van der Waals surface area (Å²) in [4.78, 5) is 7.26. The molecule has 1 N–H and O–H groups in total. The summed E-state index contributed by atoms with van der Waals surface area (Å²) in [6.45, 7) is 12.4. The maximum absolute atomic E-state index is 5.62. The normalized spacial score (nSPS) is 20.2. The van der Waals surface area contributed by atoms with Crippen molar-refractivity contribution in [3.05, 3.63) is 0 Å². The fourth-order valence-electron chi connectivity index (χ4n) is 3.30. The van der Waals surface area contributed by atoms with Gasteiger partial charge in [-0.1, -0.05) is 20.3 Å². The minimum absolute atomic E-state index is 0. The first-order valence-corrected chi connectivity index (χ1v) is 8.76. The minimum Gasteiger partial charge on any atom is -0.381 e. The van der Waals surface area contributed by atoms with Gasteiger partial charge in [0.2, 0.25) is 0 Å². The highest BCUT2D eigenvalue weighted by molar-refractivity contribution is 14.0. The molecule has 2 rings (SSSR count). The van der Waals surface area contributed by atoms with Gasteiger partial charge in [0.25, 0.3) is 0 Å². The van der Waals surface area contributed by atoms with Gasteiger partial charge in [-0.25, -0.2) is 0 Å². The van der Waals surface area contributed by atoms with E-state index in [0.717, 1.165) is 38.7 Å². The molecule has 1 saturated carbocycles. The minimum atomic E-state index is 0. The predicted molar refractivity (Wildman–Crippen MR) is 104 cm³/mol. The van der Waals surface area contributed by atoms with Crippen LogP contribution in [0.1, 0.15) is 52.9 Å². The Labute approximate surface area is 153 Å². The summed E-state index contributed by atoms with van der Waals surface area (Å²) >= 11 is 0. The summed E-state index contributed by atoms with van der Waals surface area (Å²) in [5.74, 6) is 1.74. The third kappa shape index (κ3) is 5.87. The van der Waals surface area contributed by atoms with E-state index in [1.807, 2.05) is 0 Å². The summed E-state index contributed by atoms with van der Waals surface area (Å²) in [6, 6.07) is 0. The molecule has 0 radical (unpaired) electrons. The molecule has 0 unspecified atom stereocenters. The van der Waals surface area contributed by atoms with Crippen LogP contribution in [0.2, 0.25) is 0 Å². The van der Waals surface area contributed by atoms with Crippen LogP contribution in [0.4, 0.5) is 0 Å². The summed E-state index contributed by atoms with van der Waals surface area (Å²) < 4.78 is 5.62. The Bertz CT molecular complexity index is 343. The lowest BCUT2D eigenvalue weighted by Crippen LogP contribution is -2.42. The second kappa shape index (κ2) is 9.96. The molecule has 1 heterocycles. The van der Waals surface area contributed by atoms with Crippen molar-refractivity contribution in [2.75, 3.05) is 39.4 Å². The number of nitrogens with zero attached hydrogens (tertiary/aromatic N) is 2. The van der Waals surface area contributed by atoms with Crippen molar-refractivity contribution < 1.29 is 4.74 Å². The molecule has 0 aromatic heterocycles. The number of guanidine groups is 1. The van der Waals surface area contributed by atoms with E-state index in [4.69, 9.17) is 9.73 Å². The third-order valence-corrected chi connectivity index (χ3v) is 4.65. The molecule has 1 aliphatic heterocycles. The van der Waals surface area contributed by atoms with Crippen molar-refractivity contribution in [1.29, 1.82) is 0 Å². The van der Waals surface area contributed by atoms with Crippen molar-refractivity contribution in [2.45, 2.75) is 52.9 Å². The zero-order chi connectivity index (χ0) is 15.1.